The Hall–Kier alpha value is -3.13. The van der Waals surface area contributed by atoms with Crippen LogP contribution in [0.2, 0.25) is 0 Å². The van der Waals surface area contributed by atoms with Gasteiger partial charge in [-0.3, -0.25) is 9.48 Å². The first-order chi connectivity index (χ1) is 16.8. The van der Waals surface area contributed by atoms with Crippen LogP contribution in [0.1, 0.15) is 53.3 Å². The van der Waals surface area contributed by atoms with Gasteiger partial charge in [0, 0.05) is 30.0 Å². The predicted octanol–water partition coefficient (Wildman–Crippen LogP) is 4.77. The first-order valence-electron chi connectivity index (χ1n) is 12.3. The van der Waals surface area contributed by atoms with Crippen molar-refractivity contribution in [2.75, 3.05) is 34.8 Å². The van der Waals surface area contributed by atoms with Crippen LogP contribution in [0.4, 0.5) is 11.4 Å². The Labute approximate surface area is 207 Å². The van der Waals surface area contributed by atoms with E-state index in [2.05, 4.69) is 28.3 Å². The highest BCUT2D eigenvalue weighted by atomic mass is 32.2. The number of benzene rings is 2. The molecule has 0 saturated carbocycles. The molecule has 3 heterocycles. The first kappa shape index (κ1) is 23.6. The number of rotatable bonds is 5. The number of sulfone groups is 1. The SMILES string of the molecule is Cc1ccc(-c2cc(C(=O)Nc3ccc(N4CCCCC4)cc3)nn2[C@@H]2CCS(=O)(=O)C2)cc1C. The average Bonchev–Trinajstić information content (AvgIpc) is 3.45. The van der Waals surface area contributed by atoms with Crippen LogP contribution in [-0.2, 0) is 9.84 Å². The lowest BCUT2D eigenvalue weighted by molar-refractivity contribution is 0.102. The maximum atomic E-state index is 13.1. The third kappa shape index (κ3) is 5.12. The molecule has 1 atom stereocenters. The van der Waals surface area contributed by atoms with Crippen molar-refractivity contribution in [3.63, 3.8) is 0 Å². The topological polar surface area (TPSA) is 84.3 Å². The van der Waals surface area contributed by atoms with Crippen LogP contribution in [0.3, 0.4) is 0 Å². The molecule has 2 aliphatic rings. The van der Waals surface area contributed by atoms with Crippen molar-refractivity contribution in [3.8, 4) is 11.3 Å². The first-order valence-corrected chi connectivity index (χ1v) is 14.2. The highest BCUT2D eigenvalue weighted by molar-refractivity contribution is 7.91. The molecule has 1 amide bonds. The summed E-state index contributed by atoms with van der Waals surface area (Å²) in [6, 6.07) is 15.5. The molecule has 2 saturated heterocycles. The summed E-state index contributed by atoms with van der Waals surface area (Å²) in [7, 11) is -3.10. The molecule has 1 N–H and O–H groups in total. The number of piperidine rings is 1. The number of carbonyl (C=O) groups excluding carboxylic acids is 1. The minimum absolute atomic E-state index is 0.0472. The third-order valence-corrected chi connectivity index (χ3v) is 8.92. The molecule has 1 aromatic heterocycles. The lowest BCUT2D eigenvalue weighted by atomic mass is 10.0. The number of nitrogens with one attached hydrogen (secondary N) is 1. The van der Waals surface area contributed by atoms with Crippen molar-refractivity contribution in [3.05, 3.63) is 65.4 Å². The lowest BCUT2D eigenvalue weighted by Gasteiger charge is -2.28. The van der Waals surface area contributed by atoms with Crippen LogP contribution in [-0.4, -0.2) is 48.7 Å². The Morgan fingerprint density at radius 3 is 2.37 bits per heavy atom. The second kappa shape index (κ2) is 9.49. The Kier molecular flexibility index (Phi) is 6.40. The fourth-order valence-corrected chi connectivity index (χ4v) is 6.66. The Morgan fingerprint density at radius 2 is 1.71 bits per heavy atom. The van der Waals surface area contributed by atoms with Gasteiger partial charge in [0.05, 0.1) is 23.2 Å². The molecule has 0 radical (unpaired) electrons. The van der Waals surface area contributed by atoms with Crippen molar-refractivity contribution in [2.24, 2.45) is 0 Å². The van der Waals surface area contributed by atoms with Crippen LogP contribution in [0.15, 0.2) is 48.5 Å². The van der Waals surface area contributed by atoms with Gasteiger partial charge in [-0.2, -0.15) is 5.10 Å². The van der Waals surface area contributed by atoms with E-state index in [1.165, 1.54) is 30.5 Å². The highest BCUT2D eigenvalue weighted by Gasteiger charge is 2.32. The summed E-state index contributed by atoms with van der Waals surface area (Å²) in [5.41, 5.74) is 6.16. The lowest BCUT2D eigenvalue weighted by Crippen LogP contribution is -2.29. The number of hydrogen-bond acceptors (Lipinski definition) is 5. The van der Waals surface area contributed by atoms with Gasteiger partial charge in [0.1, 0.15) is 0 Å². The molecule has 2 aromatic carbocycles. The van der Waals surface area contributed by atoms with Gasteiger partial charge in [-0.05, 0) is 87.1 Å². The van der Waals surface area contributed by atoms with E-state index in [4.69, 9.17) is 0 Å². The molecule has 2 aliphatic heterocycles. The van der Waals surface area contributed by atoms with E-state index in [-0.39, 0.29) is 29.1 Å². The highest BCUT2D eigenvalue weighted by Crippen LogP contribution is 2.31. The van der Waals surface area contributed by atoms with Crippen molar-refractivity contribution in [1.82, 2.24) is 9.78 Å². The quantitative estimate of drug-likeness (QED) is 0.555. The number of anilines is 2. The smallest absolute Gasteiger partial charge is 0.276 e. The van der Waals surface area contributed by atoms with Crippen LogP contribution in [0.25, 0.3) is 11.3 Å². The molecule has 8 heteroatoms. The fraction of sp³-hybridized carbons (Fsp3) is 0.407. The molecule has 35 heavy (non-hydrogen) atoms. The average molecular weight is 493 g/mol. The zero-order valence-corrected chi connectivity index (χ0v) is 21.1. The molecule has 0 unspecified atom stereocenters. The van der Waals surface area contributed by atoms with Gasteiger partial charge >= 0.3 is 0 Å². The van der Waals surface area contributed by atoms with Gasteiger partial charge in [0.25, 0.3) is 5.91 Å². The fourth-order valence-electron chi connectivity index (χ4n) is 4.97. The van der Waals surface area contributed by atoms with Crippen molar-refractivity contribution < 1.29 is 13.2 Å². The van der Waals surface area contributed by atoms with E-state index >= 15 is 0 Å². The molecule has 0 aliphatic carbocycles. The summed E-state index contributed by atoms with van der Waals surface area (Å²) >= 11 is 0. The van der Waals surface area contributed by atoms with Crippen molar-refractivity contribution >= 4 is 27.1 Å². The van der Waals surface area contributed by atoms with E-state index in [0.29, 0.717) is 12.1 Å². The number of amides is 1. The Morgan fingerprint density at radius 1 is 0.971 bits per heavy atom. The van der Waals surface area contributed by atoms with Gasteiger partial charge in [-0.1, -0.05) is 12.1 Å². The minimum atomic E-state index is -3.10. The maximum Gasteiger partial charge on any atom is 0.276 e. The van der Waals surface area contributed by atoms with E-state index in [0.717, 1.165) is 29.9 Å². The van der Waals surface area contributed by atoms with Crippen LogP contribution >= 0.6 is 0 Å². The van der Waals surface area contributed by atoms with Crippen molar-refractivity contribution in [1.29, 1.82) is 0 Å². The number of nitrogens with zero attached hydrogens (tertiary/aromatic N) is 3. The standard InChI is InChI=1S/C27H32N4O3S/c1-19-6-7-21(16-20(19)2)26-17-25(29-31(26)24-12-15-35(33,34)18-24)27(32)28-22-8-10-23(11-9-22)30-13-4-3-5-14-30/h6-11,16-17,24H,3-5,12-15,18H2,1-2H3,(H,28,32)/t24-/m1/s1. The summed E-state index contributed by atoms with van der Waals surface area (Å²) in [5, 5.41) is 7.56. The number of hydrogen-bond donors (Lipinski definition) is 1. The molecular weight excluding hydrogens is 460 g/mol. The summed E-state index contributed by atoms with van der Waals surface area (Å²) in [6.07, 6.45) is 4.22. The summed E-state index contributed by atoms with van der Waals surface area (Å²) in [5.74, 6) is -0.110. The number of aromatic nitrogens is 2. The van der Waals surface area contributed by atoms with Crippen LogP contribution in [0.5, 0.6) is 0 Å². The Balaban J connectivity index is 1.41. The van der Waals surface area contributed by atoms with E-state index in [9.17, 15) is 13.2 Å². The largest absolute Gasteiger partial charge is 0.372 e. The zero-order valence-electron chi connectivity index (χ0n) is 20.3. The third-order valence-electron chi connectivity index (χ3n) is 7.17. The zero-order chi connectivity index (χ0) is 24.6. The van der Waals surface area contributed by atoms with Gasteiger partial charge in [-0.25, -0.2) is 8.42 Å². The van der Waals surface area contributed by atoms with E-state index < -0.39 is 9.84 Å². The Bertz CT molecular complexity index is 1340. The van der Waals surface area contributed by atoms with Gasteiger partial charge in [0.2, 0.25) is 0 Å². The molecular formula is C27H32N4O3S. The number of aryl methyl sites for hydroxylation is 2. The van der Waals surface area contributed by atoms with Gasteiger partial charge < -0.3 is 10.2 Å². The maximum absolute atomic E-state index is 13.1. The van der Waals surface area contributed by atoms with Crippen molar-refractivity contribution in [2.45, 2.75) is 45.6 Å². The van der Waals surface area contributed by atoms with Gasteiger partial charge in [0.15, 0.2) is 15.5 Å². The van der Waals surface area contributed by atoms with Crippen LogP contribution in [0, 0.1) is 13.8 Å². The molecule has 184 valence electrons. The second-order valence-corrected chi connectivity index (χ2v) is 12.0. The molecule has 5 rings (SSSR count). The monoisotopic (exact) mass is 492 g/mol. The normalized spacial score (nSPS) is 19.6. The predicted molar refractivity (Wildman–Crippen MR) is 140 cm³/mol. The second-order valence-electron chi connectivity index (χ2n) is 9.76. The molecule has 2 fully saturated rings. The summed E-state index contributed by atoms with van der Waals surface area (Å²) in [4.78, 5) is 15.5. The molecule has 3 aromatic rings. The van der Waals surface area contributed by atoms with E-state index in [1.54, 1.807) is 10.7 Å². The molecule has 0 spiro atoms. The van der Waals surface area contributed by atoms with E-state index in [1.807, 2.05) is 43.3 Å². The minimum Gasteiger partial charge on any atom is -0.372 e. The summed E-state index contributed by atoms with van der Waals surface area (Å²) < 4.78 is 26.1. The van der Waals surface area contributed by atoms with Gasteiger partial charge in [-0.15, -0.1) is 0 Å². The molecule has 7 nitrogen and oxygen atoms in total. The van der Waals surface area contributed by atoms with Crippen LogP contribution < -0.4 is 10.2 Å². The number of carbonyl (C=O) groups is 1. The summed E-state index contributed by atoms with van der Waals surface area (Å²) in [6.45, 7) is 6.23. The molecule has 0 bridgehead atoms.